The molecule has 1 fully saturated rings. The fraction of sp³-hybridized carbons (Fsp3) is 0.500. The summed E-state index contributed by atoms with van der Waals surface area (Å²) in [4.78, 5) is 0. The van der Waals surface area contributed by atoms with Crippen molar-refractivity contribution >= 4 is 5.69 Å². The smallest absolute Gasteiger partial charge is 0.146 e. The predicted octanol–water partition coefficient (Wildman–Crippen LogP) is 1.84. The van der Waals surface area contributed by atoms with Gasteiger partial charge in [-0.05, 0) is 25.0 Å². The van der Waals surface area contributed by atoms with Crippen LogP contribution in [0.4, 0.5) is 5.69 Å². The van der Waals surface area contributed by atoms with Gasteiger partial charge in [-0.25, -0.2) is 0 Å². The molecule has 88 valence electrons. The van der Waals surface area contributed by atoms with Crippen LogP contribution >= 0.6 is 0 Å². The van der Waals surface area contributed by atoms with Gasteiger partial charge in [0.25, 0.3) is 0 Å². The number of anilines is 1. The largest absolute Gasteiger partial charge is 0.497 e. The third-order valence-corrected chi connectivity index (χ3v) is 2.63. The summed E-state index contributed by atoms with van der Waals surface area (Å²) in [5, 5.41) is 0. The van der Waals surface area contributed by atoms with E-state index in [-0.39, 0.29) is 6.10 Å². The van der Waals surface area contributed by atoms with Gasteiger partial charge >= 0.3 is 0 Å². The molecule has 2 rings (SSSR count). The molecule has 4 nitrogen and oxygen atoms in total. The van der Waals surface area contributed by atoms with Crippen molar-refractivity contribution in [3.05, 3.63) is 18.2 Å². The average molecular weight is 223 g/mol. The minimum Gasteiger partial charge on any atom is -0.497 e. The molecule has 4 heteroatoms. The molecule has 0 aromatic heterocycles. The summed E-state index contributed by atoms with van der Waals surface area (Å²) >= 11 is 0. The number of hydrogen-bond acceptors (Lipinski definition) is 4. The number of methoxy groups -OCH3 is 1. The Balaban J connectivity index is 2.06. The van der Waals surface area contributed by atoms with Gasteiger partial charge in [0.05, 0.1) is 19.4 Å². The molecule has 1 saturated heterocycles. The molecular formula is C12H17NO3. The highest BCUT2D eigenvalue weighted by atomic mass is 16.5. The van der Waals surface area contributed by atoms with E-state index in [0.29, 0.717) is 18.0 Å². The van der Waals surface area contributed by atoms with Crippen molar-refractivity contribution in [1.29, 1.82) is 0 Å². The summed E-state index contributed by atoms with van der Waals surface area (Å²) in [6.45, 7) is 1.46. The van der Waals surface area contributed by atoms with E-state index < -0.39 is 0 Å². The summed E-state index contributed by atoms with van der Waals surface area (Å²) in [5.41, 5.74) is 6.47. The molecule has 16 heavy (non-hydrogen) atoms. The zero-order chi connectivity index (χ0) is 11.4. The molecule has 0 radical (unpaired) electrons. The zero-order valence-electron chi connectivity index (χ0n) is 9.44. The molecule has 1 aliphatic rings. The van der Waals surface area contributed by atoms with Crippen molar-refractivity contribution in [2.45, 2.75) is 18.9 Å². The maximum Gasteiger partial charge on any atom is 0.146 e. The van der Waals surface area contributed by atoms with Crippen LogP contribution in [0, 0.1) is 0 Å². The molecule has 1 aromatic rings. The van der Waals surface area contributed by atoms with Gasteiger partial charge in [-0.15, -0.1) is 0 Å². The molecule has 1 atom stereocenters. The molecule has 1 unspecified atom stereocenters. The maximum absolute atomic E-state index is 5.84. The normalized spacial score (nSPS) is 20.4. The van der Waals surface area contributed by atoms with E-state index in [1.165, 1.54) is 0 Å². The van der Waals surface area contributed by atoms with Gasteiger partial charge < -0.3 is 19.9 Å². The van der Waals surface area contributed by atoms with Gasteiger partial charge in [0.15, 0.2) is 0 Å². The van der Waals surface area contributed by atoms with Gasteiger partial charge in [-0.1, -0.05) is 0 Å². The molecular weight excluding hydrogens is 206 g/mol. The minimum atomic E-state index is 0.100. The van der Waals surface area contributed by atoms with E-state index in [1.54, 1.807) is 13.2 Å². The Bertz CT molecular complexity index is 348. The third kappa shape index (κ3) is 2.58. The average Bonchev–Trinajstić information content (AvgIpc) is 2.33. The predicted molar refractivity (Wildman–Crippen MR) is 61.9 cm³/mol. The third-order valence-electron chi connectivity index (χ3n) is 2.63. The fourth-order valence-electron chi connectivity index (χ4n) is 1.73. The van der Waals surface area contributed by atoms with E-state index in [4.69, 9.17) is 19.9 Å². The second-order valence-corrected chi connectivity index (χ2v) is 3.86. The molecule has 0 aliphatic carbocycles. The van der Waals surface area contributed by atoms with Crippen LogP contribution in [0.2, 0.25) is 0 Å². The van der Waals surface area contributed by atoms with Gasteiger partial charge in [-0.2, -0.15) is 0 Å². The highest BCUT2D eigenvalue weighted by molar-refractivity contribution is 5.55. The van der Waals surface area contributed by atoms with Crippen LogP contribution in [0.1, 0.15) is 12.8 Å². The molecule has 1 aliphatic heterocycles. The number of nitrogen functional groups attached to an aromatic ring is 1. The number of ether oxygens (including phenoxy) is 3. The summed E-state index contributed by atoms with van der Waals surface area (Å²) in [6.07, 6.45) is 2.15. The van der Waals surface area contributed by atoms with Crippen LogP contribution in [0.5, 0.6) is 11.5 Å². The molecule has 2 N–H and O–H groups in total. The summed E-state index contributed by atoms with van der Waals surface area (Å²) in [5.74, 6) is 1.43. The Kier molecular flexibility index (Phi) is 3.51. The number of nitrogens with two attached hydrogens (primary N) is 1. The number of benzene rings is 1. The molecule has 0 amide bonds. The van der Waals surface area contributed by atoms with Gasteiger partial charge in [0, 0.05) is 12.7 Å². The van der Waals surface area contributed by atoms with E-state index in [0.717, 1.165) is 25.2 Å². The second-order valence-electron chi connectivity index (χ2n) is 3.86. The molecule has 0 saturated carbocycles. The van der Waals surface area contributed by atoms with E-state index in [1.807, 2.05) is 12.1 Å². The van der Waals surface area contributed by atoms with Crippen LogP contribution in [0.3, 0.4) is 0 Å². The van der Waals surface area contributed by atoms with Gasteiger partial charge in [0.2, 0.25) is 0 Å². The summed E-state index contributed by atoms with van der Waals surface area (Å²) in [7, 11) is 1.62. The summed E-state index contributed by atoms with van der Waals surface area (Å²) in [6, 6.07) is 5.42. The lowest BCUT2D eigenvalue weighted by molar-refractivity contribution is 0.00768. The van der Waals surface area contributed by atoms with Crippen LogP contribution in [0.15, 0.2) is 18.2 Å². The number of rotatable bonds is 3. The topological polar surface area (TPSA) is 53.7 Å². The Hall–Kier alpha value is -1.42. The fourth-order valence-corrected chi connectivity index (χ4v) is 1.73. The molecule has 1 heterocycles. The Morgan fingerprint density at radius 3 is 3.00 bits per heavy atom. The van der Waals surface area contributed by atoms with Gasteiger partial charge in [-0.3, -0.25) is 0 Å². The quantitative estimate of drug-likeness (QED) is 0.794. The first-order valence-electron chi connectivity index (χ1n) is 5.47. The number of hydrogen-bond donors (Lipinski definition) is 1. The van der Waals surface area contributed by atoms with Crippen molar-refractivity contribution < 1.29 is 14.2 Å². The molecule has 0 spiro atoms. The van der Waals surface area contributed by atoms with Crippen molar-refractivity contribution in [3.8, 4) is 11.5 Å². The van der Waals surface area contributed by atoms with E-state index in [9.17, 15) is 0 Å². The van der Waals surface area contributed by atoms with Crippen molar-refractivity contribution in [1.82, 2.24) is 0 Å². The maximum atomic E-state index is 5.84. The lowest BCUT2D eigenvalue weighted by Crippen LogP contribution is -2.28. The molecule has 0 bridgehead atoms. The second kappa shape index (κ2) is 5.07. The lowest BCUT2D eigenvalue weighted by atomic mass is 10.2. The van der Waals surface area contributed by atoms with Crippen LogP contribution < -0.4 is 15.2 Å². The summed E-state index contributed by atoms with van der Waals surface area (Å²) < 4.78 is 16.3. The van der Waals surface area contributed by atoms with Crippen LogP contribution in [-0.4, -0.2) is 26.4 Å². The first kappa shape index (κ1) is 11.1. The highest BCUT2D eigenvalue weighted by Gasteiger charge is 2.16. The van der Waals surface area contributed by atoms with Crippen molar-refractivity contribution in [3.63, 3.8) is 0 Å². The monoisotopic (exact) mass is 223 g/mol. The first-order valence-corrected chi connectivity index (χ1v) is 5.47. The van der Waals surface area contributed by atoms with Crippen molar-refractivity contribution in [2.24, 2.45) is 0 Å². The minimum absolute atomic E-state index is 0.100. The van der Waals surface area contributed by atoms with Crippen LogP contribution in [-0.2, 0) is 4.74 Å². The van der Waals surface area contributed by atoms with Crippen molar-refractivity contribution in [2.75, 3.05) is 26.1 Å². The Morgan fingerprint density at radius 1 is 1.44 bits per heavy atom. The SMILES string of the molecule is COc1ccc(N)c(OC2CCCOC2)c1. The Labute approximate surface area is 95.3 Å². The van der Waals surface area contributed by atoms with E-state index in [2.05, 4.69) is 0 Å². The zero-order valence-corrected chi connectivity index (χ0v) is 9.44. The van der Waals surface area contributed by atoms with E-state index >= 15 is 0 Å². The highest BCUT2D eigenvalue weighted by Crippen LogP contribution is 2.28. The lowest BCUT2D eigenvalue weighted by Gasteiger charge is -2.24. The van der Waals surface area contributed by atoms with Gasteiger partial charge in [0.1, 0.15) is 17.6 Å². The standard InChI is InChI=1S/C12H17NO3/c1-14-9-4-5-11(13)12(7-9)16-10-3-2-6-15-8-10/h4-5,7,10H,2-3,6,8,13H2,1H3. The van der Waals surface area contributed by atoms with Crippen LogP contribution in [0.25, 0.3) is 0 Å². The molecule has 1 aromatic carbocycles. The Morgan fingerprint density at radius 2 is 2.31 bits per heavy atom. The first-order chi connectivity index (χ1) is 7.79.